The highest BCUT2D eigenvalue weighted by molar-refractivity contribution is 7.89. The van der Waals surface area contributed by atoms with Crippen molar-refractivity contribution in [3.05, 3.63) is 46.7 Å². The van der Waals surface area contributed by atoms with E-state index in [-0.39, 0.29) is 11.7 Å². The zero-order chi connectivity index (χ0) is 16.3. The number of nitrogens with zero attached hydrogens (tertiary/aromatic N) is 1. The van der Waals surface area contributed by atoms with Crippen molar-refractivity contribution in [2.45, 2.75) is 6.42 Å². The van der Waals surface area contributed by atoms with Crippen LogP contribution in [-0.4, -0.2) is 44.0 Å². The Balaban J connectivity index is 1.63. The van der Waals surface area contributed by atoms with Crippen LogP contribution in [0.25, 0.3) is 11.1 Å². The predicted molar refractivity (Wildman–Crippen MR) is 92.1 cm³/mol. The lowest BCUT2D eigenvalue weighted by Crippen LogP contribution is -2.35. The van der Waals surface area contributed by atoms with E-state index in [2.05, 4.69) is 5.32 Å². The number of carbonyl (C=O) groups excluding carboxylic acids is 1. The van der Waals surface area contributed by atoms with Crippen LogP contribution < -0.4 is 5.32 Å². The first-order valence-electron chi connectivity index (χ1n) is 7.47. The van der Waals surface area contributed by atoms with E-state index in [0.717, 1.165) is 11.1 Å². The van der Waals surface area contributed by atoms with Gasteiger partial charge in [-0.15, -0.1) is 11.3 Å². The van der Waals surface area contributed by atoms with Crippen molar-refractivity contribution >= 4 is 27.3 Å². The number of carbonyl (C=O) groups is 1. The maximum absolute atomic E-state index is 12.4. The number of nitrogens with one attached hydrogen (secondary N) is 1. The van der Waals surface area contributed by atoms with Gasteiger partial charge in [0.25, 0.3) is 5.91 Å². The second-order valence-corrected chi connectivity index (χ2v) is 8.36. The Morgan fingerprint density at radius 3 is 2.70 bits per heavy atom. The van der Waals surface area contributed by atoms with E-state index in [1.807, 2.05) is 41.8 Å². The van der Waals surface area contributed by atoms with Gasteiger partial charge in [-0.25, -0.2) is 12.7 Å². The third kappa shape index (κ3) is 3.63. The van der Waals surface area contributed by atoms with Crippen molar-refractivity contribution < 1.29 is 13.2 Å². The minimum Gasteiger partial charge on any atom is -0.350 e. The van der Waals surface area contributed by atoms with E-state index in [1.165, 1.54) is 15.6 Å². The third-order valence-corrected chi connectivity index (χ3v) is 6.68. The number of hydrogen-bond donors (Lipinski definition) is 1. The number of amides is 1. The van der Waals surface area contributed by atoms with Crippen LogP contribution in [-0.2, 0) is 10.0 Å². The molecule has 5 nitrogen and oxygen atoms in total. The smallest absolute Gasteiger partial charge is 0.262 e. The molecule has 1 aromatic heterocycles. The van der Waals surface area contributed by atoms with E-state index in [4.69, 9.17) is 0 Å². The van der Waals surface area contributed by atoms with E-state index in [0.29, 0.717) is 30.9 Å². The molecular weight excluding hydrogens is 332 g/mol. The van der Waals surface area contributed by atoms with Gasteiger partial charge in [-0.3, -0.25) is 4.79 Å². The molecule has 7 heteroatoms. The predicted octanol–water partition coefficient (Wildman–Crippen LogP) is 2.18. The Bertz CT molecular complexity index is 785. The van der Waals surface area contributed by atoms with Gasteiger partial charge in [-0.1, -0.05) is 30.3 Å². The summed E-state index contributed by atoms with van der Waals surface area (Å²) in [7, 11) is -3.11. The molecule has 0 atom stereocenters. The molecule has 1 aliphatic rings. The number of rotatable bonds is 5. The summed E-state index contributed by atoms with van der Waals surface area (Å²) in [5.41, 5.74) is 1.91. The highest BCUT2D eigenvalue weighted by Gasteiger charge is 2.27. The fourth-order valence-electron chi connectivity index (χ4n) is 2.65. The molecule has 0 aliphatic carbocycles. The van der Waals surface area contributed by atoms with Crippen molar-refractivity contribution in [1.82, 2.24) is 9.62 Å². The first-order valence-corrected chi connectivity index (χ1v) is 9.96. The minimum atomic E-state index is -3.11. The van der Waals surface area contributed by atoms with Gasteiger partial charge in [-0.05, 0) is 23.4 Å². The molecule has 1 fully saturated rings. The maximum atomic E-state index is 12.4. The Morgan fingerprint density at radius 2 is 2.00 bits per heavy atom. The summed E-state index contributed by atoms with van der Waals surface area (Å²) in [6.45, 7) is 1.21. The van der Waals surface area contributed by atoms with Crippen LogP contribution >= 0.6 is 11.3 Å². The number of sulfonamides is 1. The molecule has 1 N–H and O–H groups in total. The molecule has 2 heterocycles. The van der Waals surface area contributed by atoms with Gasteiger partial charge < -0.3 is 5.32 Å². The van der Waals surface area contributed by atoms with Gasteiger partial charge in [0.1, 0.15) is 0 Å². The Labute approximate surface area is 140 Å². The number of benzene rings is 1. The number of hydrogen-bond acceptors (Lipinski definition) is 4. The number of thiophene rings is 1. The molecule has 2 aromatic rings. The van der Waals surface area contributed by atoms with Crippen LogP contribution in [0.3, 0.4) is 0 Å². The summed E-state index contributed by atoms with van der Waals surface area (Å²) in [5, 5.41) is 4.72. The second kappa shape index (κ2) is 6.82. The molecule has 1 aliphatic heterocycles. The molecule has 1 aromatic carbocycles. The van der Waals surface area contributed by atoms with Crippen LogP contribution in [0.15, 0.2) is 41.8 Å². The molecule has 122 valence electrons. The average Bonchev–Trinajstić information content (AvgIpc) is 3.15. The normalized spacial score (nSPS) is 17.2. The van der Waals surface area contributed by atoms with Gasteiger partial charge in [-0.2, -0.15) is 0 Å². The van der Waals surface area contributed by atoms with Crippen molar-refractivity contribution in [1.29, 1.82) is 0 Å². The molecule has 1 amide bonds. The van der Waals surface area contributed by atoms with E-state index in [9.17, 15) is 13.2 Å². The SMILES string of the molecule is O=C(NCCN1CCCS1(=O)=O)c1sccc1-c1ccccc1. The summed E-state index contributed by atoms with van der Waals surface area (Å²) in [5.74, 6) is 0.0553. The second-order valence-electron chi connectivity index (χ2n) is 5.35. The van der Waals surface area contributed by atoms with Gasteiger partial charge >= 0.3 is 0 Å². The monoisotopic (exact) mass is 350 g/mol. The molecule has 0 unspecified atom stereocenters. The highest BCUT2D eigenvalue weighted by Crippen LogP contribution is 2.28. The third-order valence-electron chi connectivity index (χ3n) is 3.81. The lowest BCUT2D eigenvalue weighted by Gasteiger charge is -2.14. The highest BCUT2D eigenvalue weighted by atomic mass is 32.2. The zero-order valence-corrected chi connectivity index (χ0v) is 14.2. The molecule has 0 saturated carbocycles. The largest absolute Gasteiger partial charge is 0.350 e. The summed E-state index contributed by atoms with van der Waals surface area (Å²) in [6, 6.07) is 11.7. The summed E-state index contributed by atoms with van der Waals surface area (Å²) in [6.07, 6.45) is 0.666. The van der Waals surface area contributed by atoms with E-state index >= 15 is 0 Å². The van der Waals surface area contributed by atoms with Crippen LogP contribution in [0, 0.1) is 0 Å². The van der Waals surface area contributed by atoms with Crippen molar-refractivity contribution in [3.63, 3.8) is 0 Å². The Kier molecular flexibility index (Phi) is 4.79. The quantitative estimate of drug-likeness (QED) is 0.899. The lowest BCUT2D eigenvalue weighted by molar-refractivity contribution is 0.0956. The zero-order valence-electron chi connectivity index (χ0n) is 12.6. The average molecular weight is 350 g/mol. The van der Waals surface area contributed by atoms with Crippen molar-refractivity contribution in [2.24, 2.45) is 0 Å². The molecule has 1 saturated heterocycles. The standard InChI is InChI=1S/C16H18N2O3S2/c19-16(17-8-10-18-9-4-12-23(18,20)21)15-14(7-11-22-15)13-5-2-1-3-6-13/h1-3,5-7,11H,4,8-10,12H2,(H,17,19). The van der Waals surface area contributed by atoms with Crippen LogP contribution in [0.4, 0.5) is 0 Å². The van der Waals surface area contributed by atoms with E-state index < -0.39 is 10.0 Å². The molecule has 0 spiro atoms. The summed E-state index contributed by atoms with van der Waals surface area (Å²) in [4.78, 5) is 13.0. The van der Waals surface area contributed by atoms with Gasteiger partial charge in [0.15, 0.2) is 0 Å². The van der Waals surface area contributed by atoms with Crippen LogP contribution in [0.5, 0.6) is 0 Å². The van der Waals surface area contributed by atoms with Gasteiger partial charge in [0.05, 0.1) is 10.6 Å². The van der Waals surface area contributed by atoms with Crippen LogP contribution in [0.2, 0.25) is 0 Å². The fraction of sp³-hybridized carbons (Fsp3) is 0.312. The lowest BCUT2D eigenvalue weighted by atomic mass is 10.1. The molecule has 3 rings (SSSR count). The minimum absolute atomic E-state index is 0.157. The molecule has 0 bridgehead atoms. The topological polar surface area (TPSA) is 66.5 Å². The van der Waals surface area contributed by atoms with Crippen LogP contribution in [0.1, 0.15) is 16.1 Å². The Morgan fingerprint density at radius 1 is 1.22 bits per heavy atom. The van der Waals surface area contributed by atoms with Gasteiger partial charge in [0.2, 0.25) is 10.0 Å². The molecular formula is C16H18N2O3S2. The Hall–Kier alpha value is -1.70. The molecule has 23 heavy (non-hydrogen) atoms. The molecule has 0 radical (unpaired) electrons. The summed E-state index contributed by atoms with van der Waals surface area (Å²) < 4.78 is 24.9. The summed E-state index contributed by atoms with van der Waals surface area (Å²) >= 11 is 1.39. The van der Waals surface area contributed by atoms with Gasteiger partial charge in [0, 0.05) is 25.2 Å². The van der Waals surface area contributed by atoms with Crippen molar-refractivity contribution in [3.8, 4) is 11.1 Å². The maximum Gasteiger partial charge on any atom is 0.262 e. The van der Waals surface area contributed by atoms with E-state index in [1.54, 1.807) is 0 Å². The first kappa shape index (κ1) is 16.2. The first-order chi connectivity index (χ1) is 11.1. The fourth-order valence-corrected chi connectivity index (χ4v) is 5.01. The van der Waals surface area contributed by atoms with Crippen molar-refractivity contribution in [2.75, 3.05) is 25.4 Å².